The van der Waals surface area contributed by atoms with E-state index in [1.807, 2.05) is 37.4 Å². The van der Waals surface area contributed by atoms with Crippen molar-refractivity contribution in [1.82, 2.24) is 24.3 Å². The van der Waals surface area contributed by atoms with Crippen molar-refractivity contribution in [1.29, 1.82) is 0 Å². The van der Waals surface area contributed by atoms with E-state index in [9.17, 15) is 9.59 Å². The van der Waals surface area contributed by atoms with E-state index < -0.39 is 17.7 Å². The number of carbonyl (C=O) groups excluding carboxylic acids is 1. The summed E-state index contributed by atoms with van der Waals surface area (Å²) >= 11 is 0. The first kappa shape index (κ1) is 33.1. The minimum Gasteiger partial charge on any atom is -0.497 e. The molecule has 0 radical (unpaired) electrons. The van der Waals surface area contributed by atoms with Gasteiger partial charge >= 0.3 is 6.03 Å². The highest BCUT2D eigenvalue weighted by Gasteiger charge is 2.23. The number of imidazole rings is 1. The molecule has 0 aliphatic rings. The fourth-order valence-electron chi connectivity index (χ4n) is 5.72. The van der Waals surface area contributed by atoms with Crippen molar-refractivity contribution in [2.24, 2.45) is 0 Å². The molecule has 0 bridgehead atoms. The molecule has 6 aromatic rings. The van der Waals surface area contributed by atoms with Crippen LogP contribution in [0.3, 0.4) is 0 Å². The summed E-state index contributed by atoms with van der Waals surface area (Å²) in [5.74, 6) is -0.592. The Labute approximate surface area is 281 Å². The number of hydrogen-bond acceptors (Lipinski definition) is 6. The van der Waals surface area contributed by atoms with Crippen molar-refractivity contribution in [3.63, 3.8) is 0 Å². The lowest BCUT2D eigenvalue weighted by atomic mass is 10.1. The van der Waals surface area contributed by atoms with E-state index in [0.29, 0.717) is 52.6 Å². The molecule has 2 heterocycles. The van der Waals surface area contributed by atoms with Gasteiger partial charge in [0.2, 0.25) is 5.78 Å². The van der Waals surface area contributed by atoms with Crippen molar-refractivity contribution < 1.29 is 23.1 Å². The maximum atomic E-state index is 15.0. The third-order valence-electron chi connectivity index (χ3n) is 8.05. The van der Waals surface area contributed by atoms with Gasteiger partial charge in [-0.05, 0) is 54.6 Å². The van der Waals surface area contributed by atoms with E-state index in [4.69, 9.17) is 9.72 Å². The molecule has 12 heteroatoms. The van der Waals surface area contributed by atoms with Crippen molar-refractivity contribution in [3.05, 3.63) is 142 Å². The molecule has 0 saturated heterocycles. The second-order valence-electron chi connectivity index (χ2n) is 11.4. The lowest BCUT2D eigenvalue weighted by Crippen LogP contribution is -2.27. The number of aromatic nitrogens is 3. The predicted octanol–water partition coefficient (Wildman–Crippen LogP) is 6.48. The van der Waals surface area contributed by atoms with Crippen LogP contribution in [-0.2, 0) is 24.5 Å². The van der Waals surface area contributed by atoms with Crippen LogP contribution in [-0.4, -0.2) is 46.2 Å². The highest BCUT2D eigenvalue weighted by Crippen LogP contribution is 2.29. The smallest absolute Gasteiger partial charge is 0.343 e. The zero-order chi connectivity index (χ0) is 34.5. The van der Waals surface area contributed by atoms with E-state index in [1.165, 1.54) is 29.7 Å². The molecule has 0 unspecified atom stereocenters. The van der Waals surface area contributed by atoms with Gasteiger partial charge in [-0.15, -0.1) is 0 Å². The summed E-state index contributed by atoms with van der Waals surface area (Å²) in [6, 6.07) is 27.1. The van der Waals surface area contributed by atoms with Gasteiger partial charge in [0.05, 0.1) is 37.7 Å². The molecule has 2 N–H and O–H groups in total. The Bertz CT molecular complexity index is 2130. The van der Waals surface area contributed by atoms with Gasteiger partial charge in [0, 0.05) is 36.1 Å². The third kappa shape index (κ3) is 7.20. The summed E-state index contributed by atoms with van der Waals surface area (Å²) in [6.07, 6.45) is 1.58. The summed E-state index contributed by atoms with van der Waals surface area (Å²) in [5, 5.41) is 2.67. The molecule has 10 nitrogen and oxygen atoms in total. The zero-order valence-electron chi connectivity index (χ0n) is 27.1. The monoisotopic (exact) mass is 664 g/mol. The van der Waals surface area contributed by atoms with Crippen LogP contribution in [0, 0.1) is 11.6 Å². The molecule has 250 valence electrons. The largest absolute Gasteiger partial charge is 0.497 e. The SMILES string of the molecule is CONC(=O)Nc1ccc(-c2nc3n(Cc4c(F)cccc4F)cc(-c4ccc(OC)cc4)c(=O)n3c2CN(C)Cc2ccccc2)cc1. The first-order valence-electron chi connectivity index (χ1n) is 15.4. The fraction of sp³-hybridized carbons (Fsp3) is 0.162. The highest BCUT2D eigenvalue weighted by molar-refractivity contribution is 5.88. The normalized spacial score (nSPS) is 11.2. The van der Waals surface area contributed by atoms with E-state index in [0.717, 1.165) is 5.56 Å². The molecule has 4 aromatic carbocycles. The number of methoxy groups -OCH3 is 1. The number of amides is 2. The van der Waals surface area contributed by atoms with Gasteiger partial charge in [0.25, 0.3) is 5.56 Å². The summed E-state index contributed by atoms with van der Waals surface area (Å²) in [5.41, 5.74) is 5.93. The number of fused-ring (bicyclic) bond motifs is 1. The van der Waals surface area contributed by atoms with Gasteiger partial charge < -0.3 is 14.6 Å². The molecule has 0 aliphatic carbocycles. The average Bonchev–Trinajstić information content (AvgIpc) is 3.47. The first-order chi connectivity index (χ1) is 23.7. The Balaban J connectivity index is 1.55. The molecule has 6 rings (SSSR count). The van der Waals surface area contributed by atoms with Crippen LogP contribution in [0.5, 0.6) is 5.75 Å². The molecule has 0 fully saturated rings. The van der Waals surface area contributed by atoms with Gasteiger partial charge in [-0.1, -0.05) is 60.7 Å². The number of carbonyl (C=O) groups is 1. The second-order valence-corrected chi connectivity index (χ2v) is 11.4. The average molecular weight is 665 g/mol. The molecular formula is C37H34F2N6O4. The van der Waals surface area contributed by atoms with Gasteiger partial charge in [0.15, 0.2) is 0 Å². The van der Waals surface area contributed by atoms with E-state index in [1.54, 1.807) is 66.4 Å². The van der Waals surface area contributed by atoms with E-state index >= 15 is 8.78 Å². The summed E-state index contributed by atoms with van der Waals surface area (Å²) in [4.78, 5) is 38.2. The first-order valence-corrected chi connectivity index (χ1v) is 15.4. The number of nitrogens with one attached hydrogen (secondary N) is 2. The quantitative estimate of drug-likeness (QED) is 0.154. The number of urea groups is 1. The standard InChI is InChI=1S/C37H34F2N6O4/c1-43(20-24-8-5-4-6-9-24)23-33-34(26-12-16-27(17-13-26)40-36(47)42-49-3)41-37-44(22-30-31(38)10-7-11-32(30)39)21-29(35(46)45(33)37)25-14-18-28(48-2)19-15-25/h4-19,21H,20,22-23H2,1-3H3,(H2,40,42,47). The highest BCUT2D eigenvalue weighted by atomic mass is 19.1. The summed E-state index contributed by atoms with van der Waals surface area (Å²) < 4.78 is 38.5. The number of benzene rings is 4. The second kappa shape index (κ2) is 14.5. The van der Waals surface area contributed by atoms with Crippen molar-refractivity contribution in [2.45, 2.75) is 19.6 Å². The molecule has 2 amide bonds. The fourth-order valence-corrected chi connectivity index (χ4v) is 5.72. The molecular weight excluding hydrogens is 630 g/mol. The third-order valence-corrected chi connectivity index (χ3v) is 8.05. The van der Waals surface area contributed by atoms with Crippen LogP contribution in [0.2, 0.25) is 0 Å². The number of ether oxygens (including phenoxy) is 1. The van der Waals surface area contributed by atoms with Crippen LogP contribution < -0.4 is 21.1 Å². The summed E-state index contributed by atoms with van der Waals surface area (Å²) in [7, 11) is 4.83. The van der Waals surface area contributed by atoms with E-state index in [-0.39, 0.29) is 23.4 Å². The minimum absolute atomic E-state index is 0.161. The Morgan fingerprint density at radius 2 is 1.53 bits per heavy atom. The molecule has 0 spiro atoms. The number of hydrogen-bond donors (Lipinski definition) is 2. The Hall–Kier alpha value is -5.85. The van der Waals surface area contributed by atoms with Crippen LogP contribution >= 0.6 is 0 Å². The Morgan fingerprint density at radius 1 is 0.857 bits per heavy atom. The predicted molar refractivity (Wildman–Crippen MR) is 183 cm³/mol. The molecule has 49 heavy (non-hydrogen) atoms. The summed E-state index contributed by atoms with van der Waals surface area (Å²) in [6.45, 7) is 0.660. The van der Waals surface area contributed by atoms with Gasteiger partial charge in [-0.3, -0.25) is 14.5 Å². The minimum atomic E-state index is -0.710. The topological polar surface area (TPSA) is 102 Å². The number of hydroxylamine groups is 1. The number of nitrogens with zero attached hydrogens (tertiary/aromatic N) is 4. The van der Waals surface area contributed by atoms with Crippen LogP contribution in [0.15, 0.2) is 108 Å². The molecule has 0 aliphatic heterocycles. The van der Waals surface area contributed by atoms with Crippen molar-refractivity contribution >= 4 is 17.5 Å². The Morgan fingerprint density at radius 3 is 2.18 bits per heavy atom. The lowest BCUT2D eigenvalue weighted by molar-refractivity contribution is 0.114. The van der Waals surface area contributed by atoms with Crippen LogP contribution in [0.4, 0.5) is 19.3 Å². The van der Waals surface area contributed by atoms with Crippen LogP contribution in [0.25, 0.3) is 28.2 Å². The molecule has 0 atom stereocenters. The van der Waals surface area contributed by atoms with Gasteiger partial charge in [-0.25, -0.2) is 28.4 Å². The maximum Gasteiger partial charge on any atom is 0.343 e. The Kier molecular flexibility index (Phi) is 9.79. The van der Waals surface area contributed by atoms with Crippen molar-refractivity contribution in [3.8, 4) is 28.1 Å². The lowest BCUT2D eigenvalue weighted by Gasteiger charge is -2.18. The maximum absolute atomic E-state index is 15.0. The van der Waals surface area contributed by atoms with Gasteiger partial charge in [-0.2, -0.15) is 0 Å². The van der Waals surface area contributed by atoms with Crippen LogP contribution in [0.1, 0.15) is 16.8 Å². The van der Waals surface area contributed by atoms with E-state index in [2.05, 4.69) is 20.5 Å². The van der Waals surface area contributed by atoms with Gasteiger partial charge in [0.1, 0.15) is 17.4 Å². The molecule has 2 aromatic heterocycles. The molecule has 0 saturated carbocycles. The zero-order valence-corrected chi connectivity index (χ0v) is 27.1. The number of anilines is 1. The number of rotatable bonds is 11. The number of halogens is 2. The van der Waals surface area contributed by atoms with Crippen molar-refractivity contribution in [2.75, 3.05) is 26.6 Å².